The molecule has 2 aliphatic rings. The predicted molar refractivity (Wildman–Crippen MR) is 110 cm³/mol. The summed E-state index contributed by atoms with van der Waals surface area (Å²) in [6, 6.07) is 5.97. The first-order valence-corrected chi connectivity index (χ1v) is 9.87. The van der Waals surface area contributed by atoms with Crippen molar-refractivity contribution in [3.05, 3.63) is 35.1 Å². The molecule has 2 aliphatic heterocycles. The topological polar surface area (TPSA) is 51.6 Å². The van der Waals surface area contributed by atoms with E-state index in [1.165, 1.54) is 0 Å². The number of nitrogens with zero attached hydrogens (tertiary/aromatic N) is 7. The molecule has 0 spiro atoms. The monoisotopic (exact) mass is 387 g/mol. The number of halogens is 1. The molecule has 2 fully saturated rings. The number of likely N-dealkylation sites (N-methyl/N-ethyl adjacent to an activating group) is 1. The molecule has 27 heavy (non-hydrogen) atoms. The predicted octanol–water partition coefficient (Wildman–Crippen LogP) is 1.91. The molecule has 2 aromatic heterocycles. The summed E-state index contributed by atoms with van der Waals surface area (Å²) in [5.74, 6) is 2.87. The fourth-order valence-electron chi connectivity index (χ4n) is 3.57. The fraction of sp³-hybridized carbons (Fsp3) is 0.526. The van der Waals surface area contributed by atoms with Crippen LogP contribution in [0.4, 0.5) is 17.6 Å². The normalized spacial score (nSPS) is 18.9. The van der Waals surface area contributed by atoms with E-state index in [1.54, 1.807) is 6.20 Å². The minimum absolute atomic E-state index is 0.672. The Bertz CT molecular complexity index is 766. The minimum Gasteiger partial charge on any atom is -0.353 e. The zero-order chi connectivity index (χ0) is 18.8. The van der Waals surface area contributed by atoms with Gasteiger partial charge in [0.1, 0.15) is 11.6 Å². The maximum Gasteiger partial charge on any atom is 0.227 e. The molecule has 144 valence electrons. The van der Waals surface area contributed by atoms with Gasteiger partial charge in [-0.2, -0.15) is 4.98 Å². The zero-order valence-electron chi connectivity index (χ0n) is 16.0. The molecule has 0 bridgehead atoms. The van der Waals surface area contributed by atoms with Crippen LogP contribution in [-0.4, -0.2) is 79.3 Å². The van der Waals surface area contributed by atoms with Gasteiger partial charge in [0.2, 0.25) is 5.95 Å². The quantitative estimate of drug-likeness (QED) is 0.797. The van der Waals surface area contributed by atoms with Crippen LogP contribution in [0.25, 0.3) is 0 Å². The van der Waals surface area contributed by atoms with Gasteiger partial charge in [-0.15, -0.1) is 0 Å². The zero-order valence-corrected chi connectivity index (χ0v) is 16.7. The van der Waals surface area contributed by atoms with Crippen molar-refractivity contribution in [2.24, 2.45) is 0 Å². The van der Waals surface area contributed by atoms with Crippen LogP contribution < -0.4 is 14.7 Å². The molecule has 4 rings (SSSR count). The van der Waals surface area contributed by atoms with Crippen molar-refractivity contribution >= 4 is 29.2 Å². The fourth-order valence-corrected chi connectivity index (χ4v) is 3.68. The van der Waals surface area contributed by atoms with Gasteiger partial charge < -0.3 is 19.6 Å². The summed E-state index contributed by atoms with van der Waals surface area (Å²) in [5, 5.41) is 0.672. The standard InChI is InChI=1S/C19H26ClN7/c1-15-13-18(23-19(22-15)27-7-5-24(2)6-8-27)26-11-9-25(10-12-26)17-4-3-16(20)14-21-17/h3-4,13-14H,5-12H2,1-2H3. The summed E-state index contributed by atoms with van der Waals surface area (Å²) >= 11 is 5.95. The van der Waals surface area contributed by atoms with E-state index < -0.39 is 0 Å². The number of rotatable bonds is 3. The SMILES string of the molecule is Cc1cc(N2CCN(c3ccc(Cl)cn3)CC2)nc(N2CCN(C)CC2)n1. The maximum absolute atomic E-state index is 5.95. The molecule has 0 aliphatic carbocycles. The highest BCUT2D eigenvalue weighted by Gasteiger charge is 2.22. The van der Waals surface area contributed by atoms with Crippen LogP contribution >= 0.6 is 11.6 Å². The molecule has 4 heterocycles. The number of aryl methyl sites for hydroxylation is 1. The van der Waals surface area contributed by atoms with Gasteiger partial charge in [-0.3, -0.25) is 0 Å². The Labute approximate surface area is 165 Å². The third-order valence-corrected chi connectivity index (χ3v) is 5.48. The van der Waals surface area contributed by atoms with E-state index in [9.17, 15) is 0 Å². The van der Waals surface area contributed by atoms with Crippen LogP contribution in [0.15, 0.2) is 24.4 Å². The van der Waals surface area contributed by atoms with E-state index in [1.807, 2.05) is 12.1 Å². The third kappa shape index (κ3) is 4.25. The lowest BCUT2D eigenvalue weighted by atomic mass is 10.3. The number of aromatic nitrogens is 3. The van der Waals surface area contributed by atoms with E-state index >= 15 is 0 Å². The van der Waals surface area contributed by atoms with Crippen LogP contribution in [-0.2, 0) is 0 Å². The highest BCUT2D eigenvalue weighted by atomic mass is 35.5. The molecule has 0 unspecified atom stereocenters. The number of piperazine rings is 2. The summed E-state index contributed by atoms with van der Waals surface area (Å²) in [4.78, 5) is 23.3. The highest BCUT2D eigenvalue weighted by Crippen LogP contribution is 2.22. The van der Waals surface area contributed by atoms with Gasteiger partial charge in [0, 0.05) is 70.3 Å². The van der Waals surface area contributed by atoms with E-state index in [0.29, 0.717) is 5.02 Å². The Hall–Kier alpha value is -2.12. The average Bonchev–Trinajstić information content (AvgIpc) is 2.69. The van der Waals surface area contributed by atoms with E-state index in [2.05, 4.69) is 49.6 Å². The molecule has 7 nitrogen and oxygen atoms in total. The Balaban J connectivity index is 1.44. The largest absolute Gasteiger partial charge is 0.353 e. The second-order valence-corrected chi connectivity index (χ2v) is 7.70. The average molecular weight is 388 g/mol. The van der Waals surface area contributed by atoms with Crippen LogP contribution in [0, 0.1) is 6.92 Å². The van der Waals surface area contributed by atoms with Crippen LogP contribution in [0.2, 0.25) is 5.02 Å². The van der Waals surface area contributed by atoms with Crippen molar-refractivity contribution in [2.45, 2.75) is 6.92 Å². The smallest absolute Gasteiger partial charge is 0.227 e. The van der Waals surface area contributed by atoms with E-state index in [4.69, 9.17) is 16.6 Å². The molecule has 0 saturated carbocycles. The summed E-state index contributed by atoms with van der Waals surface area (Å²) in [5.41, 5.74) is 1.02. The molecular weight excluding hydrogens is 362 g/mol. The van der Waals surface area contributed by atoms with Gasteiger partial charge in [-0.25, -0.2) is 9.97 Å². The third-order valence-electron chi connectivity index (χ3n) is 5.25. The van der Waals surface area contributed by atoms with Gasteiger partial charge in [-0.1, -0.05) is 11.6 Å². The first-order valence-electron chi connectivity index (χ1n) is 9.49. The van der Waals surface area contributed by atoms with Crippen LogP contribution in [0.1, 0.15) is 5.69 Å². The highest BCUT2D eigenvalue weighted by molar-refractivity contribution is 6.30. The summed E-state index contributed by atoms with van der Waals surface area (Å²) in [6.07, 6.45) is 1.71. The van der Waals surface area contributed by atoms with Crippen molar-refractivity contribution in [1.29, 1.82) is 0 Å². The number of anilines is 3. The van der Waals surface area contributed by atoms with Crippen LogP contribution in [0.5, 0.6) is 0 Å². The minimum atomic E-state index is 0.672. The van der Waals surface area contributed by atoms with Crippen molar-refractivity contribution in [2.75, 3.05) is 74.1 Å². The first kappa shape index (κ1) is 18.3. The summed E-state index contributed by atoms with van der Waals surface area (Å²) in [7, 11) is 2.16. The number of pyridine rings is 1. The van der Waals surface area contributed by atoms with Gasteiger partial charge in [0.25, 0.3) is 0 Å². The lowest BCUT2D eigenvalue weighted by Gasteiger charge is -2.37. The molecule has 0 N–H and O–H groups in total. The summed E-state index contributed by atoms with van der Waals surface area (Å²) in [6.45, 7) is 9.80. The lowest BCUT2D eigenvalue weighted by molar-refractivity contribution is 0.311. The van der Waals surface area contributed by atoms with E-state index in [0.717, 1.165) is 75.6 Å². The Morgan fingerprint density at radius 1 is 0.815 bits per heavy atom. The van der Waals surface area contributed by atoms with Crippen LogP contribution in [0.3, 0.4) is 0 Å². The van der Waals surface area contributed by atoms with E-state index in [-0.39, 0.29) is 0 Å². The molecule has 0 aromatic carbocycles. The number of hydrogen-bond acceptors (Lipinski definition) is 7. The maximum atomic E-state index is 5.95. The molecule has 2 aromatic rings. The molecule has 0 radical (unpaired) electrons. The lowest BCUT2D eigenvalue weighted by Crippen LogP contribution is -2.47. The second-order valence-electron chi connectivity index (χ2n) is 7.27. The van der Waals surface area contributed by atoms with Gasteiger partial charge in [0.15, 0.2) is 0 Å². The number of hydrogen-bond donors (Lipinski definition) is 0. The van der Waals surface area contributed by atoms with Gasteiger partial charge in [0.05, 0.1) is 5.02 Å². The second kappa shape index (κ2) is 7.86. The molecular formula is C19H26ClN7. The molecule has 8 heteroatoms. The van der Waals surface area contributed by atoms with Crippen molar-refractivity contribution < 1.29 is 0 Å². The van der Waals surface area contributed by atoms with Crippen molar-refractivity contribution in [3.8, 4) is 0 Å². The van der Waals surface area contributed by atoms with Crippen molar-refractivity contribution in [1.82, 2.24) is 19.9 Å². The van der Waals surface area contributed by atoms with Crippen molar-refractivity contribution in [3.63, 3.8) is 0 Å². The molecule has 2 saturated heterocycles. The Morgan fingerprint density at radius 3 is 2.07 bits per heavy atom. The van der Waals surface area contributed by atoms with Gasteiger partial charge >= 0.3 is 0 Å². The molecule has 0 amide bonds. The first-order chi connectivity index (χ1) is 13.1. The Morgan fingerprint density at radius 2 is 1.44 bits per heavy atom. The van der Waals surface area contributed by atoms with Gasteiger partial charge in [-0.05, 0) is 26.1 Å². The summed E-state index contributed by atoms with van der Waals surface area (Å²) < 4.78 is 0. The molecule has 0 atom stereocenters. The Kier molecular flexibility index (Phi) is 5.31.